The maximum absolute atomic E-state index is 12.6. The highest BCUT2D eigenvalue weighted by molar-refractivity contribution is 5.83. The molecule has 0 saturated heterocycles. The van der Waals surface area contributed by atoms with Crippen LogP contribution in [0.5, 0.6) is 0 Å². The van der Waals surface area contributed by atoms with Crippen LogP contribution in [0.25, 0.3) is 0 Å². The SMILES string of the molecule is CC[C@H](C)[C@H](C(=O)OCC(=O)N[C@@H](C)c1ccccc1)c1ccccc1. The third kappa shape index (κ3) is 5.45. The highest BCUT2D eigenvalue weighted by Crippen LogP contribution is 2.28. The van der Waals surface area contributed by atoms with Crippen LogP contribution in [0.3, 0.4) is 0 Å². The second-order valence-electron chi connectivity index (χ2n) is 6.58. The maximum atomic E-state index is 12.6. The second kappa shape index (κ2) is 9.76. The fraction of sp³-hybridized carbons (Fsp3) is 0.364. The zero-order chi connectivity index (χ0) is 18.9. The predicted octanol–water partition coefficient (Wildman–Crippen LogP) is 4.24. The van der Waals surface area contributed by atoms with Gasteiger partial charge in [0.25, 0.3) is 5.91 Å². The van der Waals surface area contributed by atoms with Crippen molar-refractivity contribution in [1.29, 1.82) is 0 Å². The van der Waals surface area contributed by atoms with Gasteiger partial charge >= 0.3 is 5.97 Å². The summed E-state index contributed by atoms with van der Waals surface area (Å²) < 4.78 is 5.33. The molecule has 4 heteroatoms. The van der Waals surface area contributed by atoms with Gasteiger partial charge in [-0.3, -0.25) is 9.59 Å². The van der Waals surface area contributed by atoms with Crippen LogP contribution in [0.15, 0.2) is 60.7 Å². The van der Waals surface area contributed by atoms with Crippen LogP contribution in [-0.2, 0) is 14.3 Å². The van der Waals surface area contributed by atoms with Crippen molar-refractivity contribution < 1.29 is 14.3 Å². The predicted molar refractivity (Wildman–Crippen MR) is 103 cm³/mol. The van der Waals surface area contributed by atoms with Gasteiger partial charge in [0, 0.05) is 0 Å². The molecule has 0 fully saturated rings. The van der Waals surface area contributed by atoms with Gasteiger partial charge in [-0.05, 0) is 24.0 Å². The Labute approximate surface area is 155 Å². The van der Waals surface area contributed by atoms with E-state index in [2.05, 4.69) is 5.32 Å². The molecule has 26 heavy (non-hydrogen) atoms. The number of ether oxygens (including phenoxy) is 1. The van der Waals surface area contributed by atoms with Gasteiger partial charge in [-0.2, -0.15) is 0 Å². The Balaban J connectivity index is 1.94. The quantitative estimate of drug-likeness (QED) is 0.722. The maximum Gasteiger partial charge on any atom is 0.314 e. The van der Waals surface area contributed by atoms with E-state index in [0.717, 1.165) is 17.5 Å². The van der Waals surface area contributed by atoms with E-state index >= 15 is 0 Å². The number of carbonyl (C=O) groups is 2. The van der Waals surface area contributed by atoms with Crippen LogP contribution < -0.4 is 5.32 Å². The van der Waals surface area contributed by atoms with Crippen molar-refractivity contribution in [3.8, 4) is 0 Å². The molecule has 0 unspecified atom stereocenters. The number of esters is 1. The fourth-order valence-corrected chi connectivity index (χ4v) is 2.93. The van der Waals surface area contributed by atoms with Crippen LogP contribution in [-0.4, -0.2) is 18.5 Å². The van der Waals surface area contributed by atoms with Gasteiger partial charge in [-0.1, -0.05) is 80.9 Å². The minimum atomic E-state index is -0.361. The van der Waals surface area contributed by atoms with Gasteiger partial charge in [0.2, 0.25) is 0 Å². The third-order valence-corrected chi connectivity index (χ3v) is 4.65. The minimum absolute atomic E-state index is 0.135. The molecule has 2 rings (SSSR count). The van der Waals surface area contributed by atoms with Crippen LogP contribution in [0, 0.1) is 5.92 Å². The van der Waals surface area contributed by atoms with Crippen LogP contribution in [0.4, 0.5) is 0 Å². The molecule has 0 saturated carbocycles. The summed E-state index contributed by atoms with van der Waals surface area (Å²) in [5, 5.41) is 2.86. The molecule has 0 radical (unpaired) electrons. The largest absolute Gasteiger partial charge is 0.455 e. The Morgan fingerprint density at radius 3 is 2.00 bits per heavy atom. The average molecular weight is 353 g/mol. The van der Waals surface area contributed by atoms with Gasteiger partial charge in [0.1, 0.15) is 0 Å². The summed E-state index contributed by atoms with van der Waals surface area (Å²) in [6, 6.07) is 19.1. The van der Waals surface area contributed by atoms with Gasteiger partial charge in [0.05, 0.1) is 12.0 Å². The molecule has 0 spiro atoms. The van der Waals surface area contributed by atoms with Crippen molar-refractivity contribution >= 4 is 11.9 Å². The van der Waals surface area contributed by atoms with Crippen molar-refractivity contribution in [2.24, 2.45) is 5.92 Å². The number of carbonyl (C=O) groups excluding carboxylic acids is 2. The van der Waals surface area contributed by atoms with E-state index in [-0.39, 0.29) is 36.4 Å². The second-order valence-corrected chi connectivity index (χ2v) is 6.58. The van der Waals surface area contributed by atoms with Crippen LogP contribution >= 0.6 is 0 Å². The van der Waals surface area contributed by atoms with E-state index in [1.54, 1.807) is 0 Å². The first-order valence-corrected chi connectivity index (χ1v) is 9.08. The Morgan fingerprint density at radius 2 is 1.46 bits per heavy atom. The molecule has 4 nitrogen and oxygen atoms in total. The molecule has 138 valence electrons. The molecule has 0 aliphatic heterocycles. The first kappa shape index (κ1) is 19.7. The molecule has 2 aromatic rings. The molecule has 2 aromatic carbocycles. The van der Waals surface area contributed by atoms with Crippen molar-refractivity contribution in [2.75, 3.05) is 6.61 Å². The lowest BCUT2D eigenvalue weighted by atomic mass is 9.86. The Kier molecular flexibility index (Phi) is 7.39. The first-order valence-electron chi connectivity index (χ1n) is 9.08. The molecule has 3 atom stereocenters. The smallest absolute Gasteiger partial charge is 0.314 e. The Morgan fingerprint density at radius 1 is 0.923 bits per heavy atom. The van der Waals surface area contributed by atoms with Crippen molar-refractivity contribution in [3.63, 3.8) is 0 Å². The molecule has 0 aliphatic carbocycles. The van der Waals surface area contributed by atoms with E-state index in [1.165, 1.54) is 0 Å². The lowest BCUT2D eigenvalue weighted by Crippen LogP contribution is -2.32. The molecule has 0 aliphatic rings. The lowest BCUT2D eigenvalue weighted by Gasteiger charge is -2.22. The van der Waals surface area contributed by atoms with Crippen LogP contribution in [0.2, 0.25) is 0 Å². The summed E-state index contributed by atoms with van der Waals surface area (Å²) in [7, 11) is 0. The average Bonchev–Trinajstić information content (AvgIpc) is 2.68. The number of benzene rings is 2. The standard InChI is InChI=1S/C22H27NO3/c1-4-16(2)21(19-13-9-6-10-14-19)22(25)26-15-20(24)23-17(3)18-11-7-5-8-12-18/h5-14,16-17,21H,4,15H2,1-3H3,(H,23,24)/t16-,17-,21-/m0/s1. The zero-order valence-corrected chi connectivity index (χ0v) is 15.6. The van der Waals surface area contributed by atoms with Gasteiger partial charge in [-0.15, -0.1) is 0 Å². The highest BCUT2D eigenvalue weighted by Gasteiger charge is 2.27. The summed E-state index contributed by atoms with van der Waals surface area (Å²) in [5.74, 6) is -0.879. The summed E-state index contributed by atoms with van der Waals surface area (Å²) in [6.45, 7) is 5.70. The van der Waals surface area contributed by atoms with Gasteiger partial charge in [-0.25, -0.2) is 0 Å². The van der Waals surface area contributed by atoms with Crippen molar-refractivity contribution in [1.82, 2.24) is 5.32 Å². The topological polar surface area (TPSA) is 55.4 Å². The van der Waals surface area contributed by atoms with E-state index in [0.29, 0.717) is 0 Å². The lowest BCUT2D eigenvalue weighted by molar-refractivity contribution is -0.151. The van der Waals surface area contributed by atoms with E-state index in [4.69, 9.17) is 4.74 Å². The number of hydrogen-bond acceptors (Lipinski definition) is 3. The Bertz CT molecular complexity index is 700. The van der Waals surface area contributed by atoms with E-state index in [9.17, 15) is 9.59 Å². The number of amides is 1. The zero-order valence-electron chi connectivity index (χ0n) is 15.6. The van der Waals surface area contributed by atoms with E-state index in [1.807, 2.05) is 81.4 Å². The molecule has 0 aromatic heterocycles. The van der Waals surface area contributed by atoms with Gasteiger partial charge < -0.3 is 10.1 Å². The molecule has 1 N–H and O–H groups in total. The molecule has 1 amide bonds. The number of hydrogen-bond donors (Lipinski definition) is 1. The molecule has 0 heterocycles. The van der Waals surface area contributed by atoms with Crippen molar-refractivity contribution in [2.45, 2.75) is 39.2 Å². The van der Waals surface area contributed by atoms with Crippen LogP contribution in [0.1, 0.15) is 50.3 Å². The van der Waals surface area contributed by atoms with Crippen molar-refractivity contribution in [3.05, 3.63) is 71.8 Å². The molecule has 0 bridgehead atoms. The summed E-state index contributed by atoms with van der Waals surface area (Å²) in [5.41, 5.74) is 1.93. The van der Waals surface area contributed by atoms with Gasteiger partial charge in [0.15, 0.2) is 6.61 Å². The first-order chi connectivity index (χ1) is 12.5. The minimum Gasteiger partial charge on any atom is -0.455 e. The highest BCUT2D eigenvalue weighted by atomic mass is 16.5. The summed E-state index contributed by atoms with van der Waals surface area (Å²) >= 11 is 0. The summed E-state index contributed by atoms with van der Waals surface area (Å²) in [4.78, 5) is 24.7. The third-order valence-electron chi connectivity index (χ3n) is 4.65. The fourth-order valence-electron chi connectivity index (χ4n) is 2.93. The monoisotopic (exact) mass is 353 g/mol. The molecular weight excluding hydrogens is 326 g/mol. The normalized spacial score (nSPS) is 14.1. The number of rotatable bonds is 8. The Hall–Kier alpha value is -2.62. The number of nitrogens with one attached hydrogen (secondary N) is 1. The summed E-state index contributed by atoms with van der Waals surface area (Å²) in [6.07, 6.45) is 0.853. The molecular formula is C22H27NO3. The van der Waals surface area contributed by atoms with E-state index < -0.39 is 0 Å².